The first kappa shape index (κ1) is 19.9. The van der Waals surface area contributed by atoms with Gasteiger partial charge >= 0.3 is 0 Å². The van der Waals surface area contributed by atoms with Crippen molar-refractivity contribution >= 4 is 34.8 Å². The second-order valence-corrected chi connectivity index (χ2v) is 7.38. The Morgan fingerprint density at radius 1 is 1.25 bits per heavy atom. The van der Waals surface area contributed by atoms with Gasteiger partial charge in [-0.25, -0.2) is 4.98 Å². The molecule has 9 heteroatoms. The summed E-state index contributed by atoms with van der Waals surface area (Å²) in [6.07, 6.45) is 3.83. The number of nitrogens with two attached hydrogens (primary N) is 1. The van der Waals surface area contributed by atoms with E-state index < -0.39 is 0 Å². The lowest BCUT2D eigenvalue weighted by atomic mass is 10.1. The molecule has 0 bridgehead atoms. The van der Waals surface area contributed by atoms with E-state index in [0.717, 1.165) is 29.7 Å². The van der Waals surface area contributed by atoms with Crippen molar-refractivity contribution in [2.24, 2.45) is 0 Å². The Bertz CT molecular complexity index is 912. The van der Waals surface area contributed by atoms with Crippen LogP contribution < -0.4 is 15.8 Å². The summed E-state index contributed by atoms with van der Waals surface area (Å²) >= 11 is 1.68. The van der Waals surface area contributed by atoms with Crippen LogP contribution in [0.15, 0.2) is 30.6 Å². The number of anilines is 1. The van der Waals surface area contributed by atoms with Crippen LogP contribution in [0.4, 0.5) is 5.95 Å². The summed E-state index contributed by atoms with van der Waals surface area (Å²) in [5.41, 5.74) is 8.79. The van der Waals surface area contributed by atoms with E-state index in [2.05, 4.69) is 32.2 Å². The lowest BCUT2D eigenvalue weighted by Crippen LogP contribution is -2.24. The zero-order valence-corrected chi connectivity index (χ0v) is 16.6. The molecule has 148 valence electrons. The van der Waals surface area contributed by atoms with Gasteiger partial charge in [0.15, 0.2) is 5.65 Å². The van der Waals surface area contributed by atoms with Gasteiger partial charge in [-0.3, -0.25) is 4.79 Å². The van der Waals surface area contributed by atoms with Crippen LogP contribution in [-0.4, -0.2) is 37.3 Å². The maximum absolute atomic E-state index is 11.8. The molecule has 0 aliphatic carbocycles. The van der Waals surface area contributed by atoms with Gasteiger partial charge in [0.2, 0.25) is 17.7 Å². The minimum atomic E-state index is 0.0680. The number of nitrogens with zero attached hydrogens (tertiary/aromatic N) is 3. The average molecular weight is 401 g/mol. The standard InChI is InChI=1S/C19H24N6O2S/c1-2-3-8-28-11-15(26)21-9-13-4-6-14(7-5-13)10-27-18-16-17(23-12-22-16)24-19(20)25-18/h4-7,12H,2-3,8-11H2,1H3,(H,21,26)(H3,20,22,23,24,25). The summed E-state index contributed by atoms with van der Waals surface area (Å²) in [5, 5.41) is 2.94. The summed E-state index contributed by atoms with van der Waals surface area (Å²) in [5.74, 6) is 2.10. The fraction of sp³-hybridized carbons (Fsp3) is 0.368. The van der Waals surface area contributed by atoms with E-state index in [4.69, 9.17) is 10.5 Å². The fourth-order valence-corrected chi connectivity index (χ4v) is 3.42. The molecule has 0 atom stereocenters. The molecule has 0 spiro atoms. The number of hydrogen-bond donors (Lipinski definition) is 3. The molecule has 1 amide bonds. The number of hydrogen-bond acceptors (Lipinski definition) is 7. The zero-order chi connectivity index (χ0) is 19.8. The highest BCUT2D eigenvalue weighted by Gasteiger charge is 2.10. The van der Waals surface area contributed by atoms with E-state index in [1.165, 1.54) is 6.33 Å². The van der Waals surface area contributed by atoms with Gasteiger partial charge in [-0.15, -0.1) is 0 Å². The molecule has 3 rings (SSSR count). The smallest absolute Gasteiger partial charge is 0.245 e. The SMILES string of the molecule is CCCCSCC(=O)NCc1ccc(COc2nc(N)nc3nc[nH]c23)cc1. The highest BCUT2D eigenvalue weighted by atomic mass is 32.2. The summed E-state index contributed by atoms with van der Waals surface area (Å²) in [6, 6.07) is 7.88. The van der Waals surface area contributed by atoms with Gasteiger partial charge in [0.1, 0.15) is 12.1 Å². The number of aromatic nitrogens is 4. The van der Waals surface area contributed by atoms with Crippen molar-refractivity contribution in [2.75, 3.05) is 17.2 Å². The molecular weight excluding hydrogens is 376 g/mol. The number of carbonyl (C=O) groups excluding carboxylic acids is 1. The molecule has 0 saturated carbocycles. The quantitative estimate of drug-likeness (QED) is 0.448. The molecule has 0 radical (unpaired) electrons. The van der Waals surface area contributed by atoms with Crippen LogP contribution in [-0.2, 0) is 17.9 Å². The van der Waals surface area contributed by atoms with Crippen LogP contribution >= 0.6 is 11.8 Å². The molecule has 3 aromatic rings. The van der Waals surface area contributed by atoms with E-state index >= 15 is 0 Å². The van der Waals surface area contributed by atoms with Crippen LogP contribution in [0.2, 0.25) is 0 Å². The molecular formula is C19H24N6O2S. The summed E-state index contributed by atoms with van der Waals surface area (Å²) in [6.45, 7) is 3.01. The predicted octanol–water partition coefficient (Wildman–Crippen LogP) is 2.66. The lowest BCUT2D eigenvalue weighted by molar-refractivity contribution is -0.118. The number of nitrogens with one attached hydrogen (secondary N) is 2. The molecule has 2 heterocycles. The number of amides is 1. The lowest BCUT2D eigenvalue weighted by Gasteiger charge is -2.08. The van der Waals surface area contributed by atoms with Crippen molar-refractivity contribution in [2.45, 2.75) is 32.9 Å². The number of benzene rings is 1. The normalized spacial score (nSPS) is 10.9. The maximum atomic E-state index is 11.8. The Morgan fingerprint density at radius 3 is 2.82 bits per heavy atom. The number of nitrogen functional groups attached to an aromatic ring is 1. The second kappa shape index (κ2) is 9.93. The van der Waals surface area contributed by atoms with E-state index in [-0.39, 0.29) is 11.9 Å². The van der Waals surface area contributed by atoms with Gasteiger partial charge in [0.05, 0.1) is 12.1 Å². The largest absolute Gasteiger partial charge is 0.471 e. The molecule has 8 nitrogen and oxygen atoms in total. The Labute approximate surface area is 167 Å². The second-order valence-electron chi connectivity index (χ2n) is 6.28. The van der Waals surface area contributed by atoms with Crippen LogP contribution in [0.25, 0.3) is 11.2 Å². The molecule has 4 N–H and O–H groups in total. The average Bonchev–Trinajstić information content (AvgIpc) is 3.17. The first-order chi connectivity index (χ1) is 13.7. The van der Waals surface area contributed by atoms with Crippen molar-refractivity contribution < 1.29 is 9.53 Å². The van der Waals surface area contributed by atoms with Crippen molar-refractivity contribution in [1.82, 2.24) is 25.3 Å². The summed E-state index contributed by atoms with van der Waals surface area (Å²) in [7, 11) is 0. The highest BCUT2D eigenvalue weighted by molar-refractivity contribution is 7.99. The van der Waals surface area contributed by atoms with Crippen molar-refractivity contribution in [3.05, 3.63) is 41.7 Å². The molecule has 28 heavy (non-hydrogen) atoms. The number of fused-ring (bicyclic) bond motifs is 1. The maximum Gasteiger partial charge on any atom is 0.245 e. The van der Waals surface area contributed by atoms with Gasteiger partial charge in [-0.05, 0) is 23.3 Å². The van der Waals surface area contributed by atoms with Gasteiger partial charge in [0, 0.05) is 6.54 Å². The van der Waals surface area contributed by atoms with E-state index in [1.807, 2.05) is 24.3 Å². The third-order valence-corrected chi connectivity index (χ3v) is 5.08. The number of ether oxygens (including phenoxy) is 1. The third kappa shape index (κ3) is 5.59. The zero-order valence-electron chi connectivity index (χ0n) is 15.8. The number of carbonyl (C=O) groups is 1. The van der Waals surface area contributed by atoms with Crippen LogP contribution in [0.1, 0.15) is 30.9 Å². The number of thioether (sulfide) groups is 1. The van der Waals surface area contributed by atoms with Crippen molar-refractivity contribution in [3.63, 3.8) is 0 Å². The van der Waals surface area contributed by atoms with E-state index in [1.54, 1.807) is 11.8 Å². The topological polar surface area (TPSA) is 119 Å². The Kier molecular flexibility index (Phi) is 7.07. The Balaban J connectivity index is 1.48. The van der Waals surface area contributed by atoms with Gasteiger partial charge < -0.3 is 20.8 Å². The summed E-state index contributed by atoms with van der Waals surface area (Å²) < 4.78 is 5.77. The third-order valence-electron chi connectivity index (χ3n) is 4.03. The summed E-state index contributed by atoms with van der Waals surface area (Å²) in [4.78, 5) is 27.0. The van der Waals surface area contributed by atoms with Gasteiger partial charge in [0.25, 0.3) is 0 Å². The molecule has 0 aliphatic rings. The first-order valence-corrected chi connectivity index (χ1v) is 10.3. The monoisotopic (exact) mass is 400 g/mol. The van der Waals surface area contributed by atoms with Crippen molar-refractivity contribution in [3.8, 4) is 5.88 Å². The number of unbranched alkanes of at least 4 members (excludes halogenated alkanes) is 1. The molecule has 0 saturated heterocycles. The molecule has 1 aromatic carbocycles. The van der Waals surface area contributed by atoms with Crippen LogP contribution in [0.5, 0.6) is 5.88 Å². The van der Waals surface area contributed by atoms with E-state index in [0.29, 0.717) is 35.9 Å². The van der Waals surface area contributed by atoms with Gasteiger partial charge in [-0.2, -0.15) is 21.7 Å². The van der Waals surface area contributed by atoms with E-state index in [9.17, 15) is 4.79 Å². The minimum Gasteiger partial charge on any atom is -0.471 e. The Morgan fingerprint density at radius 2 is 2.04 bits per heavy atom. The first-order valence-electron chi connectivity index (χ1n) is 9.17. The predicted molar refractivity (Wildman–Crippen MR) is 111 cm³/mol. The fourth-order valence-electron chi connectivity index (χ4n) is 2.50. The molecule has 2 aromatic heterocycles. The molecule has 0 aliphatic heterocycles. The molecule has 0 fully saturated rings. The van der Waals surface area contributed by atoms with Crippen molar-refractivity contribution in [1.29, 1.82) is 0 Å². The molecule has 0 unspecified atom stereocenters. The number of rotatable bonds is 10. The number of H-pyrrole nitrogens is 1. The van der Waals surface area contributed by atoms with Crippen LogP contribution in [0.3, 0.4) is 0 Å². The van der Waals surface area contributed by atoms with Gasteiger partial charge in [-0.1, -0.05) is 37.6 Å². The Hall–Kier alpha value is -2.81. The minimum absolute atomic E-state index is 0.0680. The number of imidazole rings is 1. The highest BCUT2D eigenvalue weighted by Crippen LogP contribution is 2.20. The van der Waals surface area contributed by atoms with Crippen LogP contribution in [0, 0.1) is 0 Å². The number of aromatic amines is 1.